The van der Waals surface area contributed by atoms with Crippen LogP contribution in [-0.2, 0) is 15.9 Å². The molecule has 4 atom stereocenters. The normalized spacial score (nSPS) is 28.6. The summed E-state index contributed by atoms with van der Waals surface area (Å²) in [4.78, 5) is 13.3. The van der Waals surface area contributed by atoms with Crippen LogP contribution in [-0.4, -0.2) is 48.8 Å². The molecule has 0 unspecified atom stereocenters. The van der Waals surface area contributed by atoms with Crippen LogP contribution in [0.1, 0.15) is 39.2 Å². The van der Waals surface area contributed by atoms with Gasteiger partial charge in [-0.15, -0.1) is 0 Å². The number of anilines is 1. The maximum Gasteiger partial charge on any atom is 0.414 e. The molecule has 0 aliphatic carbocycles. The molecule has 27 heavy (non-hydrogen) atoms. The third kappa shape index (κ3) is 4.43. The minimum atomic E-state index is -1.33. The number of carbonyl (C=O) groups is 1. The van der Waals surface area contributed by atoms with Crippen molar-refractivity contribution in [3.8, 4) is 0 Å². The second-order valence-electron chi connectivity index (χ2n) is 8.15. The van der Waals surface area contributed by atoms with Crippen molar-refractivity contribution in [2.75, 3.05) is 24.7 Å². The van der Waals surface area contributed by atoms with Crippen LogP contribution in [0.2, 0.25) is 0 Å². The van der Waals surface area contributed by atoms with E-state index in [1.165, 1.54) is 0 Å². The van der Waals surface area contributed by atoms with Gasteiger partial charge in [-0.1, -0.05) is 19.1 Å². The lowest BCUT2D eigenvalue weighted by molar-refractivity contribution is -0.00839. The van der Waals surface area contributed by atoms with Crippen LogP contribution in [0.4, 0.5) is 14.9 Å². The Labute approximate surface area is 160 Å². The van der Waals surface area contributed by atoms with E-state index in [2.05, 4.69) is 6.92 Å². The van der Waals surface area contributed by atoms with Crippen LogP contribution in [0, 0.1) is 11.8 Å². The lowest BCUT2D eigenvalue weighted by Crippen LogP contribution is -2.37. The summed E-state index contributed by atoms with van der Waals surface area (Å²) in [5, 5.41) is 9.29. The van der Waals surface area contributed by atoms with E-state index in [4.69, 9.17) is 9.47 Å². The number of hydrogen-bond donors (Lipinski definition) is 1. The second kappa shape index (κ2) is 8.15. The zero-order chi connectivity index (χ0) is 19.6. The summed E-state index contributed by atoms with van der Waals surface area (Å²) in [6, 6.07) is 7.90. The average molecular weight is 379 g/mol. The van der Waals surface area contributed by atoms with Crippen LogP contribution in [0.15, 0.2) is 24.3 Å². The van der Waals surface area contributed by atoms with Gasteiger partial charge in [-0.3, -0.25) is 4.90 Å². The van der Waals surface area contributed by atoms with Crippen molar-refractivity contribution in [1.82, 2.24) is 0 Å². The molecule has 2 fully saturated rings. The fraction of sp³-hybridized carbons (Fsp3) is 0.667. The molecule has 0 spiro atoms. The smallest absolute Gasteiger partial charge is 0.414 e. The Kier molecular flexibility index (Phi) is 6.06. The van der Waals surface area contributed by atoms with Crippen molar-refractivity contribution in [3.63, 3.8) is 0 Å². The van der Waals surface area contributed by atoms with E-state index in [9.17, 15) is 14.3 Å². The Morgan fingerprint density at radius 1 is 1.22 bits per heavy atom. The third-order valence-electron chi connectivity index (χ3n) is 5.84. The van der Waals surface area contributed by atoms with Gasteiger partial charge in [0.05, 0.1) is 18.8 Å². The molecule has 1 aromatic rings. The Balaban J connectivity index is 1.60. The maximum atomic E-state index is 14.7. The summed E-state index contributed by atoms with van der Waals surface area (Å²) < 4.78 is 25.8. The fourth-order valence-corrected chi connectivity index (χ4v) is 4.56. The van der Waals surface area contributed by atoms with Gasteiger partial charge in [0.25, 0.3) is 0 Å². The van der Waals surface area contributed by atoms with Crippen LogP contribution in [0.5, 0.6) is 0 Å². The van der Waals surface area contributed by atoms with Crippen molar-refractivity contribution in [1.29, 1.82) is 0 Å². The highest BCUT2D eigenvalue weighted by Gasteiger charge is 2.48. The van der Waals surface area contributed by atoms with Crippen molar-refractivity contribution in [2.24, 2.45) is 11.8 Å². The van der Waals surface area contributed by atoms with E-state index in [0.717, 1.165) is 24.1 Å². The van der Waals surface area contributed by atoms with Gasteiger partial charge in [-0.2, -0.15) is 0 Å². The Morgan fingerprint density at radius 3 is 2.48 bits per heavy atom. The number of benzene rings is 1. The van der Waals surface area contributed by atoms with Gasteiger partial charge in [0.2, 0.25) is 0 Å². The summed E-state index contributed by atoms with van der Waals surface area (Å²) in [6.45, 7) is 6.28. The minimum Gasteiger partial charge on any atom is -0.447 e. The first-order chi connectivity index (χ1) is 12.8. The molecular weight excluding hydrogens is 349 g/mol. The van der Waals surface area contributed by atoms with Crippen molar-refractivity contribution >= 4 is 11.8 Å². The van der Waals surface area contributed by atoms with Gasteiger partial charge < -0.3 is 14.6 Å². The van der Waals surface area contributed by atoms with Crippen molar-refractivity contribution < 1.29 is 23.8 Å². The van der Waals surface area contributed by atoms with Crippen molar-refractivity contribution in [3.05, 3.63) is 29.8 Å². The molecule has 5 nitrogen and oxygen atoms in total. The predicted molar refractivity (Wildman–Crippen MR) is 102 cm³/mol. The van der Waals surface area contributed by atoms with Crippen LogP contribution >= 0.6 is 0 Å². The zero-order valence-corrected chi connectivity index (χ0v) is 16.4. The maximum absolute atomic E-state index is 14.7. The molecular formula is C21H30FNO4. The largest absolute Gasteiger partial charge is 0.447 e. The van der Waals surface area contributed by atoms with Crippen LogP contribution in [0.25, 0.3) is 0 Å². The molecule has 1 amide bonds. The van der Waals surface area contributed by atoms with Gasteiger partial charge in [-0.05, 0) is 56.7 Å². The standard InChI is InChI=1S/C21H30FNO4/c1-14-17(27-18(10-12-24)19(14)21(2,3)22)9-6-15-4-7-16(8-5-15)23-11-13-26-20(23)25/h4-5,7-8,14,17-19,24H,6,9-13H2,1-3H3/t14-,17+,18-,19+/m1/s1. The molecule has 0 bridgehead atoms. The Bertz CT molecular complexity index is 643. The molecule has 2 aliphatic heterocycles. The van der Waals surface area contributed by atoms with E-state index < -0.39 is 5.67 Å². The zero-order valence-electron chi connectivity index (χ0n) is 16.4. The molecule has 0 saturated carbocycles. The quantitative estimate of drug-likeness (QED) is 0.784. The third-order valence-corrected chi connectivity index (χ3v) is 5.84. The van der Waals surface area contributed by atoms with Crippen molar-refractivity contribution in [2.45, 2.75) is 57.9 Å². The highest BCUT2D eigenvalue weighted by atomic mass is 19.1. The monoisotopic (exact) mass is 379 g/mol. The first kappa shape index (κ1) is 20.1. The molecule has 2 aliphatic rings. The summed E-state index contributed by atoms with van der Waals surface area (Å²) >= 11 is 0. The number of carbonyl (C=O) groups excluding carboxylic acids is 1. The number of alkyl halides is 1. The van der Waals surface area contributed by atoms with Gasteiger partial charge in [0.1, 0.15) is 12.3 Å². The number of aliphatic hydroxyl groups excluding tert-OH is 1. The number of rotatable bonds is 7. The summed E-state index contributed by atoms with van der Waals surface area (Å²) in [5.74, 6) is -0.113. The van der Waals surface area contributed by atoms with Crippen LogP contribution < -0.4 is 4.90 Å². The molecule has 3 rings (SSSR count). The van der Waals surface area contributed by atoms with E-state index in [-0.39, 0.29) is 36.7 Å². The van der Waals surface area contributed by atoms with E-state index >= 15 is 0 Å². The van der Waals surface area contributed by atoms with Crippen LogP contribution in [0.3, 0.4) is 0 Å². The number of ether oxygens (including phenoxy) is 2. The minimum absolute atomic E-state index is 0.0110. The second-order valence-corrected chi connectivity index (χ2v) is 8.15. The number of aryl methyl sites for hydroxylation is 1. The van der Waals surface area contributed by atoms with Gasteiger partial charge in [0, 0.05) is 18.2 Å². The molecule has 1 N–H and O–H groups in total. The number of hydrogen-bond acceptors (Lipinski definition) is 4. The average Bonchev–Trinajstić information content (AvgIpc) is 3.17. The van der Waals surface area contributed by atoms with E-state index in [1.54, 1.807) is 18.7 Å². The predicted octanol–water partition coefficient (Wildman–Crippen LogP) is 3.73. The topological polar surface area (TPSA) is 59.0 Å². The number of nitrogens with zero attached hydrogens (tertiary/aromatic N) is 1. The van der Waals surface area contributed by atoms with Gasteiger partial charge in [0.15, 0.2) is 0 Å². The number of aliphatic hydroxyl groups is 1. The highest BCUT2D eigenvalue weighted by molar-refractivity contribution is 5.89. The molecule has 0 radical (unpaired) electrons. The first-order valence-corrected chi connectivity index (χ1v) is 9.79. The van der Waals surface area contributed by atoms with E-state index in [0.29, 0.717) is 19.6 Å². The molecule has 0 aromatic heterocycles. The Morgan fingerprint density at radius 2 is 1.93 bits per heavy atom. The Hall–Kier alpha value is -1.66. The fourth-order valence-electron chi connectivity index (χ4n) is 4.56. The molecule has 1 aromatic carbocycles. The number of cyclic esters (lactones) is 1. The SMILES string of the molecule is C[C@H]1[C@H](C(C)(C)F)[C@@H](CCO)O[C@H]1CCc1ccc(N2CCOC2=O)cc1. The number of halogens is 1. The van der Waals surface area contributed by atoms with Gasteiger partial charge >= 0.3 is 6.09 Å². The molecule has 150 valence electrons. The van der Waals surface area contributed by atoms with E-state index in [1.807, 2.05) is 24.3 Å². The summed E-state index contributed by atoms with van der Waals surface area (Å²) in [6.07, 6.45) is 1.55. The summed E-state index contributed by atoms with van der Waals surface area (Å²) in [5.41, 5.74) is 0.665. The lowest BCUT2D eigenvalue weighted by Gasteiger charge is -2.30. The first-order valence-electron chi connectivity index (χ1n) is 9.79. The highest BCUT2D eigenvalue weighted by Crippen LogP contribution is 2.43. The molecule has 2 saturated heterocycles. The molecule has 6 heteroatoms. The van der Waals surface area contributed by atoms with Gasteiger partial charge in [-0.25, -0.2) is 9.18 Å². The lowest BCUT2D eigenvalue weighted by atomic mass is 9.77. The summed E-state index contributed by atoms with van der Waals surface area (Å²) in [7, 11) is 0. The molecule has 2 heterocycles. The number of amides is 1.